The minimum absolute atomic E-state index is 0. The summed E-state index contributed by atoms with van der Waals surface area (Å²) in [7, 11) is 0. The first kappa shape index (κ1) is 18.3. The number of benzene rings is 2. The van der Waals surface area contributed by atoms with Gasteiger partial charge in [-0.05, 0) is 11.8 Å². The second kappa shape index (κ2) is 7.87. The van der Waals surface area contributed by atoms with E-state index in [2.05, 4.69) is 27.4 Å². The molecule has 140 valence electrons. The summed E-state index contributed by atoms with van der Waals surface area (Å²) in [5.74, 6) is 3.01. The van der Waals surface area contributed by atoms with Crippen LogP contribution >= 0.6 is 0 Å². The number of rotatable bonds is 4. The molecule has 0 atom stereocenters. The van der Waals surface area contributed by atoms with Crippen molar-refractivity contribution in [2.45, 2.75) is 6.67 Å². The molecule has 0 bridgehead atoms. The second-order valence-corrected chi connectivity index (χ2v) is 5.92. The van der Waals surface area contributed by atoms with Crippen LogP contribution in [0.1, 0.15) is 0 Å². The van der Waals surface area contributed by atoms with Crippen molar-refractivity contribution in [1.82, 2.24) is 14.5 Å². The number of nitrogens with one attached hydrogen (secondary N) is 1. The van der Waals surface area contributed by atoms with E-state index in [1.165, 1.54) is 0 Å². The number of fused-ring (bicyclic) bond motifs is 3. The van der Waals surface area contributed by atoms with Crippen molar-refractivity contribution in [3.63, 3.8) is 0 Å². The molecule has 0 spiro atoms. The van der Waals surface area contributed by atoms with Gasteiger partial charge in [-0.3, -0.25) is 4.98 Å². The predicted octanol–water partition coefficient (Wildman–Crippen LogP) is 4.51. The molecule has 7 heteroatoms. The molecule has 2 aromatic heterocycles. The molecule has 1 aliphatic rings. The number of imidazole rings is 1. The van der Waals surface area contributed by atoms with Crippen LogP contribution in [0.2, 0.25) is 0 Å². The smallest absolute Gasteiger partial charge is 0.503 e. The van der Waals surface area contributed by atoms with Crippen molar-refractivity contribution < 1.29 is 30.5 Å². The van der Waals surface area contributed by atoms with Gasteiger partial charge >= 0.3 is 21.1 Å². The number of nitrogens with zero attached hydrogens (tertiary/aromatic N) is 3. The van der Waals surface area contributed by atoms with Gasteiger partial charge in [0.05, 0.1) is 12.5 Å². The van der Waals surface area contributed by atoms with Gasteiger partial charge in [0.2, 0.25) is 5.88 Å². The Bertz CT molecular complexity index is 1100. The molecule has 5 rings (SSSR count). The maximum Gasteiger partial charge on any atom is 2.00 e. The maximum absolute atomic E-state index is 5.94. The van der Waals surface area contributed by atoms with Gasteiger partial charge in [-0.15, -0.1) is 18.2 Å². The number of ether oxygens (including phenoxy) is 2. The average Bonchev–Trinajstić information content (AvgIpc) is 3.18. The van der Waals surface area contributed by atoms with Crippen LogP contribution in [0.4, 0.5) is 5.69 Å². The van der Waals surface area contributed by atoms with Crippen molar-refractivity contribution in [3.8, 4) is 34.5 Å². The fraction of sp³-hybridized carbons (Fsp3) is 0.0476. The molecule has 0 aliphatic carbocycles. The molecule has 1 N–H and O–H groups in total. The van der Waals surface area contributed by atoms with Crippen LogP contribution in [0.3, 0.4) is 0 Å². The fourth-order valence-corrected chi connectivity index (χ4v) is 2.88. The summed E-state index contributed by atoms with van der Waals surface area (Å²) in [5, 5.41) is 3.33. The average molecular weight is 549 g/mol. The number of aromatic nitrogens is 3. The van der Waals surface area contributed by atoms with Crippen LogP contribution < -0.4 is 14.8 Å². The molecule has 0 unspecified atom stereocenters. The van der Waals surface area contributed by atoms with E-state index in [4.69, 9.17) is 9.47 Å². The number of anilines is 1. The summed E-state index contributed by atoms with van der Waals surface area (Å²) in [5.41, 5.74) is 1.86. The number of hydrogen-bond donors (Lipinski definition) is 1. The van der Waals surface area contributed by atoms with E-state index in [9.17, 15) is 0 Å². The number of pyridine rings is 1. The van der Waals surface area contributed by atoms with E-state index in [1.54, 1.807) is 24.5 Å². The Kier molecular flexibility index (Phi) is 5.13. The zero-order valence-corrected chi connectivity index (χ0v) is 16.8. The molecule has 0 radical (unpaired) electrons. The third kappa shape index (κ3) is 3.64. The summed E-state index contributed by atoms with van der Waals surface area (Å²) in [4.78, 5) is 8.56. The summed E-state index contributed by atoms with van der Waals surface area (Å²) in [6.07, 6.45) is 5.38. The molecule has 0 saturated carbocycles. The summed E-state index contributed by atoms with van der Waals surface area (Å²) >= 11 is 0. The van der Waals surface area contributed by atoms with E-state index in [0.717, 1.165) is 17.1 Å². The minimum atomic E-state index is 0. The van der Waals surface area contributed by atoms with Crippen LogP contribution in [0.5, 0.6) is 23.1 Å². The molecule has 0 amide bonds. The zero-order chi connectivity index (χ0) is 18.1. The van der Waals surface area contributed by atoms with E-state index >= 15 is 0 Å². The molecule has 6 nitrogen and oxygen atoms in total. The third-order valence-corrected chi connectivity index (χ3v) is 4.11. The van der Waals surface area contributed by atoms with Gasteiger partial charge in [-0.2, -0.15) is 6.07 Å². The van der Waals surface area contributed by atoms with Crippen molar-refractivity contribution in [2.24, 2.45) is 0 Å². The van der Waals surface area contributed by atoms with Crippen LogP contribution in [-0.2, 0) is 27.7 Å². The predicted molar refractivity (Wildman–Crippen MR) is 99.8 cm³/mol. The molecule has 0 saturated heterocycles. The van der Waals surface area contributed by atoms with Gasteiger partial charge in [-0.25, -0.2) is 4.98 Å². The van der Waals surface area contributed by atoms with Crippen molar-refractivity contribution in [2.75, 3.05) is 5.32 Å². The topological polar surface area (TPSA) is 61.2 Å². The summed E-state index contributed by atoms with van der Waals surface area (Å²) in [6.45, 7) is 0.692. The number of hydrogen-bond acceptors (Lipinski definition) is 5. The molecule has 28 heavy (non-hydrogen) atoms. The van der Waals surface area contributed by atoms with Gasteiger partial charge in [0, 0.05) is 41.9 Å². The fourth-order valence-electron chi connectivity index (χ4n) is 2.88. The second-order valence-electron chi connectivity index (χ2n) is 5.92. The van der Waals surface area contributed by atoms with Gasteiger partial charge in [0.25, 0.3) is 0 Å². The van der Waals surface area contributed by atoms with Crippen molar-refractivity contribution in [3.05, 3.63) is 79.3 Å². The SMILES string of the molecule is [Pt+2].[c-]1c(Oc2[c-]c3c(cc2)NCn2ccnc2-3)cccc1Oc1ccccn1. The van der Waals surface area contributed by atoms with Gasteiger partial charge in [-0.1, -0.05) is 29.8 Å². The Morgan fingerprint density at radius 3 is 2.57 bits per heavy atom. The van der Waals surface area contributed by atoms with Crippen molar-refractivity contribution in [1.29, 1.82) is 0 Å². The van der Waals surface area contributed by atoms with Crippen molar-refractivity contribution >= 4 is 5.69 Å². The minimum Gasteiger partial charge on any atom is -0.503 e. The molecule has 3 heterocycles. The van der Waals surface area contributed by atoms with Crippen LogP contribution in [0, 0.1) is 12.1 Å². The third-order valence-electron chi connectivity index (χ3n) is 4.11. The van der Waals surface area contributed by atoms with Crippen LogP contribution in [0.25, 0.3) is 11.4 Å². The summed E-state index contributed by atoms with van der Waals surface area (Å²) < 4.78 is 13.7. The van der Waals surface area contributed by atoms with Gasteiger partial charge in [0.1, 0.15) is 0 Å². The van der Waals surface area contributed by atoms with E-state index < -0.39 is 0 Å². The van der Waals surface area contributed by atoms with E-state index in [0.29, 0.717) is 29.8 Å². The van der Waals surface area contributed by atoms with Crippen LogP contribution in [-0.4, -0.2) is 14.5 Å². The summed E-state index contributed by atoms with van der Waals surface area (Å²) in [6, 6.07) is 21.2. The Hall–Kier alpha value is -3.11. The van der Waals surface area contributed by atoms with Gasteiger partial charge < -0.3 is 19.4 Å². The largest absolute Gasteiger partial charge is 2.00 e. The molecular formula is C21H14N4O2Pt. The Balaban J connectivity index is 0.00000192. The molecule has 0 fully saturated rings. The maximum atomic E-state index is 5.94. The zero-order valence-electron chi connectivity index (χ0n) is 14.5. The van der Waals surface area contributed by atoms with Gasteiger partial charge in [0.15, 0.2) is 0 Å². The Labute approximate surface area is 176 Å². The standard InChI is InChI=1S/C21H14N4O2.Pt/c1-2-9-22-20(6-1)27-16-5-3-4-15(12-16)26-17-7-8-19-18(13-17)21-23-10-11-25(21)14-24-19;/h1-11,24H,14H2;/q-2;+2. The quantitative estimate of drug-likeness (QED) is 0.380. The monoisotopic (exact) mass is 549 g/mol. The molecule has 2 aromatic carbocycles. The Morgan fingerprint density at radius 1 is 0.857 bits per heavy atom. The normalized spacial score (nSPS) is 11.4. The molecule has 1 aliphatic heterocycles. The van der Waals surface area contributed by atoms with E-state index in [1.807, 2.05) is 47.2 Å². The molecular weight excluding hydrogens is 535 g/mol. The Morgan fingerprint density at radius 2 is 1.71 bits per heavy atom. The first-order valence-electron chi connectivity index (χ1n) is 8.46. The van der Waals surface area contributed by atoms with E-state index in [-0.39, 0.29) is 21.1 Å². The van der Waals surface area contributed by atoms with Crippen LogP contribution in [0.15, 0.2) is 67.1 Å². The molecule has 4 aromatic rings. The first-order valence-corrected chi connectivity index (χ1v) is 8.46. The first-order chi connectivity index (χ1) is 13.3.